The second-order valence-corrected chi connectivity index (χ2v) is 3.81. The molecule has 0 bridgehead atoms. The van der Waals surface area contributed by atoms with Crippen molar-refractivity contribution in [2.45, 2.75) is 6.10 Å². The van der Waals surface area contributed by atoms with Crippen molar-refractivity contribution in [3.63, 3.8) is 0 Å². The minimum Gasteiger partial charge on any atom is -0.397 e. The number of aliphatic hydroxyl groups is 1. The predicted octanol–water partition coefficient (Wildman–Crippen LogP) is 1.81. The number of nitrogens with one attached hydrogen (secondary N) is 1. The zero-order valence-corrected chi connectivity index (χ0v) is 9.38. The molecule has 1 aromatic heterocycles. The van der Waals surface area contributed by atoms with Gasteiger partial charge in [-0.15, -0.1) is 0 Å². The van der Waals surface area contributed by atoms with Gasteiger partial charge in [-0.1, -0.05) is 30.3 Å². The maximum atomic E-state index is 9.94. The molecule has 1 unspecified atom stereocenters. The van der Waals surface area contributed by atoms with E-state index < -0.39 is 6.10 Å². The number of nitrogens with zero attached hydrogens (tertiary/aromatic N) is 1. The zero-order valence-electron chi connectivity index (χ0n) is 9.38. The maximum Gasteiger partial charge on any atom is 0.0962 e. The molecule has 0 aliphatic carbocycles. The Morgan fingerprint density at radius 3 is 2.71 bits per heavy atom. The van der Waals surface area contributed by atoms with Gasteiger partial charge in [0.2, 0.25) is 0 Å². The Kier molecular flexibility index (Phi) is 3.57. The van der Waals surface area contributed by atoms with Gasteiger partial charge >= 0.3 is 0 Å². The quantitative estimate of drug-likeness (QED) is 0.747. The largest absolute Gasteiger partial charge is 0.397 e. The molecular weight excluding hydrogens is 214 g/mol. The Morgan fingerprint density at radius 1 is 1.24 bits per heavy atom. The Morgan fingerprint density at radius 2 is 2.00 bits per heavy atom. The van der Waals surface area contributed by atoms with E-state index in [2.05, 4.69) is 10.3 Å². The van der Waals surface area contributed by atoms with Crippen molar-refractivity contribution < 1.29 is 5.11 Å². The Hall–Kier alpha value is -2.07. The normalized spacial score (nSPS) is 12.1. The van der Waals surface area contributed by atoms with Crippen LogP contribution >= 0.6 is 0 Å². The van der Waals surface area contributed by atoms with Crippen LogP contribution in [0.4, 0.5) is 11.4 Å². The molecule has 0 saturated carbocycles. The van der Waals surface area contributed by atoms with E-state index in [0.29, 0.717) is 12.2 Å². The van der Waals surface area contributed by atoms with Gasteiger partial charge in [-0.05, 0) is 11.6 Å². The summed E-state index contributed by atoms with van der Waals surface area (Å²) in [5, 5.41) is 13.0. The SMILES string of the molecule is Nc1cncc(NCC(O)c2ccccc2)c1. The van der Waals surface area contributed by atoms with E-state index in [1.165, 1.54) is 0 Å². The van der Waals surface area contributed by atoms with Gasteiger partial charge in [0.25, 0.3) is 0 Å². The number of anilines is 2. The Balaban J connectivity index is 1.95. The molecule has 2 aromatic rings. The van der Waals surface area contributed by atoms with Gasteiger partial charge in [-0.25, -0.2) is 0 Å². The second kappa shape index (κ2) is 5.32. The van der Waals surface area contributed by atoms with E-state index in [-0.39, 0.29) is 0 Å². The topological polar surface area (TPSA) is 71.2 Å². The van der Waals surface area contributed by atoms with E-state index in [9.17, 15) is 5.11 Å². The summed E-state index contributed by atoms with van der Waals surface area (Å²) in [6.07, 6.45) is 2.71. The number of pyridine rings is 1. The zero-order chi connectivity index (χ0) is 12.1. The van der Waals surface area contributed by atoms with Crippen LogP contribution in [0, 0.1) is 0 Å². The van der Waals surface area contributed by atoms with Crippen LogP contribution in [0.25, 0.3) is 0 Å². The van der Waals surface area contributed by atoms with Crippen molar-refractivity contribution >= 4 is 11.4 Å². The summed E-state index contributed by atoms with van der Waals surface area (Å²) >= 11 is 0. The van der Waals surface area contributed by atoms with Crippen molar-refractivity contribution in [2.24, 2.45) is 0 Å². The molecule has 4 nitrogen and oxygen atoms in total. The van der Waals surface area contributed by atoms with Gasteiger partial charge in [0.05, 0.1) is 23.7 Å². The number of nitrogens with two attached hydrogens (primary N) is 1. The van der Waals surface area contributed by atoms with Crippen LogP contribution in [0.1, 0.15) is 11.7 Å². The summed E-state index contributed by atoms with van der Waals surface area (Å²) in [6.45, 7) is 0.426. The molecule has 0 radical (unpaired) electrons. The van der Waals surface area contributed by atoms with Crippen molar-refractivity contribution in [3.05, 3.63) is 54.4 Å². The van der Waals surface area contributed by atoms with E-state index in [4.69, 9.17) is 5.73 Å². The summed E-state index contributed by atoms with van der Waals surface area (Å²) in [5.41, 5.74) is 7.90. The fraction of sp³-hybridized carbons (Fsp3) is 0.154. The summed E-state index contributed by atoms with van der Waals surface area (Å²) in [6, 6.07) is 11.3. The first-order valence-corrected chi connectivity index (χ1v) is 5.43. The smallest absolute Gasteiger partial charge is 0.0962 e. The third-order valence-corrected chi connectivity index (χ3v) is 2.44. The molecular formula is C13H15N3O. The van der Waals surface area contributed by atoms with Crippen molar-refractivity contribution in [1.29, 1.82) is 0 Å². The lowest BCUT2D eigenvalue weighted by Gasteiger charge is -2.13. The van der Waals surface area contributed by atoms with Gasteiger partial charge < -0.3 is 16.2 Å². The number of aliphatic hydroxyl groups excluding tert-OH is 1. The van der Waals surface area contributed by atoms with E-state index in [1.807, 2.05) is 30.3 Å². The lowest BCUT2D eigenvalue weighted by Crippen LogP contribution is -2.12. The molecule has 88 valence electrons. The molecule has 0 spiro atoms. The van der Waals surface area contributed by atoms with Gasteiger partial charge in [0.15, 0.2) is 0 Å². The van der Waals surface area contributed by atoms with Crippen molar-refractivity contribution in [1.82, 2.24) is 4.98 Å². The number of nitrogen functional groups attached to an aromatic ring is 1. The molecule has 0 aliphatic heterocycles. The summed E-state index contributed by atoms with van der Waals surface area (Å²) < 4.78 is 0. The molecule has 4 heteroatoms. The lowest BCUT2D eigenvalue weighted by atomic mass is 10.1. The van der Waals surface area contributed by atoms with Gasteiger partial charge in [0, 0.05) is 12.7 Å². The molecule has 17 heavy (non-hydrogen) atoms. The third kappa shape index (κ3) is 3.19. The van der Waals surface area contributed by atoms with Crippen LogP contribution < -0.4 is 11.1 Å². The average Bonchev–Trinajstić information content (AvgIpc) is 2.37. The third-order valence-electron chi connectivity index (χ3n) is 2.44. The average molecular weight is 229 g/mol. The van der Waals surface area contributed by atoms with Crippen LogP contribution in [-0.2, 0) is 0 Å². The second-order valence-electron chi connectivity index (χ2n) is 3.81. The summed E-state index contributed by atoms with van der Waals surface area (Å²) in [5.74, 6) is 0. The summed E-state index contributed by atoms with van der Waals surface area (Å²) in [4.78, 5) is 3.97. The van der Waals surface area contributed by atoms with Crippen molar-refractivity contribution in [2.75, 3.05) is 17.6 Å². The highest BCUT2D eigenvalue weighted by Gasteiger charge is 2.06. The van der Waals surface area contributed by atoms with Gasteiger partial charge in [-0.2, -0.15) is 0 Å². The number of rotatable bonds is 4. The standard InChI is InChI=1S/C13H15N3O/c14-11-6-12(8-15-7-11)16-9-13(17)10-4-2-1-3-5-10/h1-8,13,16-17H,9,14H2. The fourth-order valence-corrected chi connectivity index (χ4v) is 1.56. The van der Waals surface area contributed by atoms with Crippen LogP contribution in [0.3, 0.4) is 0 Å². The molecule has 1 atom stereocenters. The highest BCUT2D eigenvalue weighted by Crippen LogP contribution is 2.14. The van der Waals surface area contributed by atoms with E-state index >= 15 is 0 Å². The van der Waals surface area contributed by atoms with Crippen LogP contribution in [0.2, 0.25) is 0 Å². The van der Waals surface area contributed by atoms with E-state index in [1.54, 1.807) is 18.5 Å². The minimum absolute atomic E-state index is 0.426. The first-order chi connectivity index (χ1) is 8.25. The number of hydrogen-bond donors (Lipinski definition) is 3. The molecule has 2 rings (SSSR count). The first-order valence-electron chi connectivity index (χ1n) is 5.43. The molecule has 1 aromatic carbocycles. The van der Waals surface area contributed by atoms with Crippen LogP contribution in [-0.4, -0.2) is 16.6 Å². The lowest BCUT2D eigenvalue weighted by molar-refractivity contribution is 0.191. The highest BCUT2D eigenvalue weighted by atomic mass is 16.3. The molecule has 1 heterocycles. The van der Waals surface area contributed by atoms with Gasteiger partial charge in [0.1, 0.15) is 0 Å². The Bertz CT molecular complexity index is 473. The highest BCUT2D eigenvalue weighted by molar-refractivity contribution is 5.51. The molecule has 0 amide bonds. The first kappa shape index (κ1) is 11.4. The van der Waals surface area contributed by atoms with Crippen LogP contribution in [0.15, 0.2) is 48.8 Å². The number of benzene rings is 1. The van der Waals surface area contributed by atoms with E-state index in [0.717, 1.165) is 11.3 Å². The molecule has 4 N–H and O–H groups in total. The van der Waals surface area contributed by atoms with Gasteiger partial charge in [-0.3, -0.25) is 4.98 Å². The van der Waals surface area contributed by atoms with Crippen LogP contribution in [0.5, 0.6) is 0 Å². The monoisotopic (exact) mass is 229 g/mol. The molecule has 0 fully saturated rings. The number of aromatic nitrogens is 1. The Labute approximate surface area is 100 Å². The fourth-order valence-electron chi connectivity index (χ4n) is 1.56. The van der Waals surface area contributed by atoms with Crippen molar-refractivity contribution in [3.8, 4) is 0 Å². The predicted molar refractivity (Wildman–Crippen MR) is 68.5 cm³/mol. The minimum atomic E-state index is -0.544. The molecule has 0 saturated heterocycles. The summed E-state index contributed by atoms with van der Waals surface area (Å²) in [7, 11) is 0. The number of hydrogen-bond acceptors (Lipinski definition) is 4. The molecule has 0 aliphatic rings. The maximum absolute atomic E-state index is 9.94.